The van der Waals surface area contributed by atoms with Crippen molar-refractivity contribution in [2.75, 3.05) is 6.54 Å². The summed E-state index contributed by atoms with van der Waals surface area (Å²) in [4.78, 5) is 22.1. The quantitative estimate of drug-likeness (QED) is 0.522. The molecule has 0 aromatic rings. The molecular weight excluding hydrogens is 248 g/mol. The van der Waals surface area contributed by atoms with E-state index < -0.39 is 17.6 Å². The minimum atomic E-state index is -0.967. The molecule has 6 nitrogen and oxygen atoms in total. The maximum atomic E-state index is 11.7. The fraction of sp³-hybridized carbons (Fsp3) is 0.846. The van der Waals surface area contributed by atoms with Gasteiger partial charge in [-0.2, -0.15) is 0 Å². The highest BCUT2D eigenvalue weighted by molar-refractivity contribution is 5.82. The first-order chi connectivity index (χ1) is 8.93. The van der Waals surface area contributed by atoms with Gasteiger partial charge in [-0.1, -0.05) is 25.7 Å². The molecular formula is C13H24N2O4. The standard InChI is InChI=1S/C13H24N2O4/c14-10(5-6-11(16)17)12(18)15-9-13(19)7-3-1-2-4-8-13/h10,19H,1-9,14H2,(H,15,18)(H,16,17). The van der Waals surface area contributed by atoms with E-state index in [0.29, 0.717) is 12.8 Å². The molecule has 1 aliphatic rings. The smallest absolute Gasteiger partial charge is 0.303 e. The number of carbonyl (C=O) groups is 2. The predicted molar refractivity (Wildman–Crippen MR) is 70.5 cm³/mol. The molecule has 0 aromatic carbocycles. The van der Waals surface area contributed by atoms with Gasteiger partial charge >= 0.3 is 5.97 Å². The van der Waals surface area contributed by atoms with Gasteiger partial charge in [0, 0.05) is 13.0 Å². The molecule has 1 saturated carbocycles. The maximum Gasteiger partial charge on any atom is 0.303 e. The van der Waals surface area contributed by atoms with E-state index in [-0.39, 0.29) is 25.3 Å². The third kappa shape index (κ3) is 6.02. The number of aliphatic carboxylic acids is 1. The Morgan fingerprint density at radius 1 is 1.21 bits per heavy atom. The molecule has 1 amide bonds. The van der Waals surface area contributed by atoms with Crippen LogP contribution in [0.15, 0.2) is 0 Å². The molecule has 110 valence electrons. The zero-order valence-electron chi connectivity index (χ0n) is 11.2. The number of aliphatic hydroxyl groups is 1. The van der Waals surface area contributed by atoms with Gasteiger partial charge in [0.2, 0.25) is 5.91 Å². The lowest BCUT2D eigenvalue weighted by molar-refractivity contribution is -0.137. The number of carboxylic acid groups (broad SMARTS) is 1. The zero-order valence-corrected chi connectivity index (χ0v) is 11.2. The van der Waals surface area contributed by atoms with E-state index in [1.165, 1.54) is 0 Å². The van der Waals surface area contributed by atoms with Gasteiger partial charge in [0.15, 0.2) is 0 Å². The summed E-state index contributed by atoms with van der Waals surface area (Å²) >= 11 is 0. The first kappa shape index (κ1) is 15.9. The molecule has 0 aliphatic heterocycles. The van der Waals surface area contributed by atoms with Crippen LogP contribution in [-0.4, -0.2) is 40.3 Å². The van der Waals surface area contributed by atoms with Crippen LogP contribution >= 0.6 is 0 Å². The second kappa shape index (κ2) is 7.45. The average Bonchev–Trinajstić information content (AvgIpc) is 2.58. The summed E-state index contributed by atoms with van der Waals surface area (Å²) in [5.41, 5.74) is 4.76. The fourth-order valence-corrected chi connectivity index (χ4v) is 2.36. The minimum absolute atomic E-state index is 0.111. The largest absolute Gasteiger partial charge is 0.481 e. The van der Waals surface area contributed by atoms with Gasteiger partial charge < -0.3 is 21.3 Å². The number of nitrogens with two attached hydrogens (primary N) is 1. The lowest BCUT2D eigenvalue weighted by atomic mass is 9.94. The molecule has 1 fully saturated rings. The van der Waals surface area contributed by atoms with Crippen LogP contribution in [0.25, 0.3) is 0 Å². The molecule has 1 rings (SSSR count). The van der Waals surface area contributed by atoms with Crippen molar-refractivity contribution in [3.8, 4) is 0 Å². The topological polar surface area (TPSA) is 113 Å². The van der Waals surface area contributed by atoms with Crippen molar-refractivity contribution in [1.82, 2.24) is 5.32 Å². The fourth-order valence-electron chi connectivity index (χ4n) is 2.36. The molecule has 1 unspecified atom stereocenters. The van der Waals surface area contributed by atoms with Crippen LogP contribution in [0.1, 0.15) is 51.4 Å². The second-order valence-electron chi connectivity index (χ2n) is 5.40. The first-order valence-electron chi connectivity index (χ1n) is 6.90. The molecule has 0 saturated heterocycles. The van der Waals surface area contributed by atoms with Crippen molar-refractivity contribution in [3.63, 3.8) is 0 Å². The van der Waals surface area contributed by atoms with Gasteiger partial charge in [0.25, 0.3) is 0 Å². The van der Waals surface area contributed by atoms with Crippen molar-refractivity contribution in [2.45, 2.75) is 63.0 Å². The highest BCUT2D eigenvalue weighted by Crippen LogP contribution is 2.26. The van der Waals surface area contributed by atoms with Crippen LogP contribution in [0.4, 0.5) is 0 Å². The Morgan fingerprint density at radius 3 is 2.32 bits per heavy atom. The Balaban J connectivity index is 2.33. The molecule has 0 spiro atoms. The summed E-state index contributed by atoms with van der Waals surface area (Å²) in [6, 6.07) is -0.828. The van der Waals surface area contributed by atoms with Crippen LogP contribution in [0, 0.1) is 0 Å². The van der Waals surface area contributed by atoms with E-state index in [2.05, 4.69) is 5.32 Å². The lowest BCUT2D eigenvalue weighted by Crippen LogP contribution is -2.48. The number of carboxylic acids is 1. The lowest BCUT2D eigenvalue weighted by Gasteiger charge is -2.27. The predicted octanol–water partition coefficient (Wildman–Crippen LogP) is 0.380. The van der Waals surface area contributed by atoms with Gasteiger partial charge in [-0.3, -0.25) is 9.59 Å². The first-order valence-corrected chi connectivity index (χ1v) is 6.90. The van der Waals surface area contributed by atoms with Crippen LogP contribution in [0.3, 0.4) is 0 Å². The molecule has 0 aromatic heterocycles. The van der Waals surface area contributed by atoms with E-state index in [4.69, 9.17) is 10.8 Å². The summed E-state index contributed by atoms with van der Waals surface area (Å²) in [5, 5.41) is 21.5. The molecule has 0 bridgehead atoms. The Kier molecular flexibility index (Phi) is 6.24. The van der Waals surface area contributed by atoms with E-state index in [1.54, 1.807) is 0 Å². The third-order valence-corrected chi connectivity index (χ3v) is 3.63. The van der Waals surface area contributed by atoms with E-state index in [9.17, 15) is 14.7 Å². The van der Waals surface area contributed by atoms with E-state index in [0.717, 1.165) is 25.7 Å². The summed E-state index contributed by atoms with van der Waals surface area (Å²) in [5.74, 6) is -1.36. The van der Waals surface area contributed by atoms with Gasteiger partial charge in [-0.05, 0) is 19.3 Å². The highest BCUT2D eigenvalue weighted by atomic mass is 16.4. The van der Waals surface area contributed by atoms with Crippen molar-refractivity contribution in [1.29, 1.82) is 0 Å². The SMILES string of the molecule is NC(CCC(=O)O)C(=O)NCC1(O)CCCCCC1. The normalized spacial score (nSPS) is 20.3. The molecule has 1 aliphatic carbocycles. The number of nitrogens with one attached hydrogen (secondary N) is 1. The van der Waals surface area contributed by atoms with Crippen molar-refractivity contribution in [3.05, 3.63) is 0 Å². The van der Waals surface area contributed by atoms with Crippen molar-refractivity contribution >= 4 is 11.9 Å². The zero-order chi connectivity index (χ0) is 14.3. The Morgan fingerprint density at radius 2 is 1.79 bits per heavy atom. The molecule has 6 heteroatoms. The summed E-state index contributed by atoms with van der Waals surface area (Å²) in [6.45, 7) is 0.201. The summed E-state index contributed by atoms with van der Waals surface area (Å²) in [7, 11) is 0. The number of amides is 1. The van der Waals surface area contributed by atoms with Crippen molar-refractivity contribution < 1.29 is 19.8 Å². The maximum absolute atomic E-state index is 11.7. The van der Waals surface area contributed by atoms with Crippen LogP contribution in [0.5, 0.6) is 0 Å². The number of hydrogen-bond donors (Lipinski definition) is 4. The summed E-state index contributed by atoms with van der Waals surface area (Å²) in [6.07, 6.45) is 5.55. The van der Waals surface area contributed by atoms with Gasteiger partial charge in [-0.25, -0.2) is 0 Å². The van der Waals surface area contributed by atoms with E-state index in [1.807, 2.05) is 0 Å². The number of rotatable bonds is 6. The second-order valence-corrected chi connectivity index (χ2v) is 5.40. The average molecular weight is 272 g/mol. The van der Waals surface area contributed by atoms with Crippen LogP contribution in [0.2, 0.25) is 0 Å². The number of hydrogen-bond acceptors (Lipinski definition) is 4. The minimum Gasteiger partial charge on any atom is -0.481 e. The molecule has 0 heterocycles. The van der Waals surface area contributed by atoms with Gasteiger partial charge in [0.1, 0.15) is 0 Å². The monoisotopic (exact) mass is 272 g/mol. The molecule has 5 N–H and O–H groups in total. The summed E-state index contributed by atoms with van der Waals surface area (Å²) < 4.78 is 0. The Hall–Kier alpha value is -1.14. The Labute approximate surface area is 113 Å². The highest BCUT2D eigenvalue weighted by Gasteiger charge is 2.29. The van der Waals surface area contributed by atoms with Crippen LogP contribution in [-0.2, 0) is 9.59 Å². The van der Waals surface area contributed by atoms with Gasteiger partial charge in [0.05, 0.1) is 11.6 Å². The van der Waals surface area contributed by atoms with Crippen molar-refractivity contribution in [2.24, 2.45) is 5.73 Å². The number of carbonyl (C=O) groups excluding carboxylic acids is 1. The molecule has 0 radical (unpaired) electrons. The van der Waals surface area contributed by atoms with Gasteiger partial charge in [-0.15, -0.1) is 0 Å². The van der Waals surface area contributed by atoms with E-state index >= 15 is 0 Å². The third-order valence-electron chi connectivity index (χ3n) is 3.63. The Bertz CT molecular complexity index is 312. The molecule has 19 heavy (non-hydrogen) atoms. The van der Waals surface area contributed by atoms with Crippen LogP contribution < -0.4 is 11.1 Å². The molecule has 1 atom stereocenters.